The SMILES string of the molecule is CN=C(NCCN1CCN(C(C)=O)CC1)N1CCC(c2ccccc2)C1. The molecule has 0 spiro atoms. The zero-order valence-electron chi connectivity index (χ0n) is 16.0. The number of rotatable bonds is 4. The quantitative estimate of drug-likeness (QED) is 0.650. The highest BCUT2D eigenvalue weighted by atomic mass is 16.2. The van der Waals surface area contributed by atoms with Crippen LogP contribution in [0.25, 0.3) is 0 Å². The highest BCUT2D eigenvalue weighted by Crippen LogP contribution is 2.26. The molecular formula is C20H31N5O. The number of amides is 1. The van der Waals surface area contributed by atoms with Crippen LogP contribution in [-0.2, 0) is 4.79 Å². The number of aliphatic imine (C=N–C) groups is 1. The Balaban J connectivity index is 1.41. The predicted octanol–water partition coefficient (Wildman–Crippen LogP) is 1.22. The van der Waals surface area contributed by atoms with Crippen molar-refractivity contribution in [3.8, 4) is 0 Å². The van der Waals surface area contributed by atoms with Gasteiger partial charge < -0.3 is 15.1 Å². The van der Waals surface area contributed by atoms with E-state index in [1.54, 1.807) is 6.92 Å². The van der Waals surface area contributed by atoms with Crippen LogP contribution < -0.4 is 5.32 Å². The van der Waals surface area contributed by atoms with Crippen molar-refractivity contribution in [2.45, 2.75) is 19.3 Å². The topological polar surface area (TPSA) is 51.2 Å². The Morgan fingerprint density at radius 1 is 1.12 bits per heavy atom. The first-order valence-electron chi connectivity index (χ1n) is 9.66. The van der Waals surface area contributed by atoms with Gasteiger partial charge in [-0.15, -0.1) is 0 Å². The van der Waals surface area contributed by atoms with E-state index in [1.165, 1.54) is 12.0 Å². The summed E-state index contributed by atoms with van der Waals surface area (Å²) in [4.78, 5) is 22.6. The average molecular weight is 358 g/mol. The third kappa shape index (κ3) is 4.75. The van der Waals surface area contributed by atoms with Crippen molar-refractivity contribution in [2.75, 3.05) is 59.4 Å². The van der Waals surface area contributed by atoms with Crippen LogP contribution in [0.4, 0.5) is 0 Å². The molecule has 0 radical (unpaired) electrons. The molecule has 1 unspecified atom stereocenters. The van der Waals surface area contributed by atoms with E-state index < -0.39 is 0 Å². The Morgan fingerprint density at radius 3 is 2.50 bits per heavy atom. The number of guanidine groups is 1. The second-order valence-electron chi connectivity index (χ2n) is 7.16. The first kappa shape index (κ1) is 18.7. The summed E-state index contributed by atoms with van der Waals surface area (Å²) in [6.07, 6.45) is 1.18. The van der Waals surface area contributed by atoms with E-state index in [2.05, 4.69) is 50.4 Å². The number of likely N-dealkylation sites (tertiary alicyclic amines) is 1. The average Bonchev–Trinajstić information content (AvgIpc) is 3.16. The molecule has 0 bridgehead atoms. The van der Waals surface area contributed by atoms with Crippen molar-refractivity contribution in [1.29, 1.82) is 0 Å². The lowest BCUT2D eigenvalue weighted by Gasteiger charge is -2.34. The van der Waals surface area contributed by atoms with Gasteiger partial charge in [-0.3, -0.25) is 14.7 Å². The smallest absolute Gasteiger partial charge is 0.219 e. The number of hydrogen-bond acceptors (Lipinski definition) is 3. The summed E-state index contributed by atoms with van der Waals surface area (Å²) in [6, 6.07) is 10.8. The molecule has 1 aromatic carbocycles. The Kier molecular flexibility index (Phi) is 6.50. The van der Waals surface area contributed by atoms with E-state index >= 15 is 0 Å². The van der Waals surface area contributed by atoms with Crippen molar-refractivity contribution >= 4 is 11.9 Å². The highest BCUT2D eigenvalue weighted by molar-refractivity contribution is 5.80. The Labute approximate surface area is 156 Å². The molecular weight excluding hydrogens is 326 g/mol. The summed E-state index contributed by atoms with van der Waals surface area (Å²) in [5.74, 6) is 1.78. The molecule has 2 fully saturated rings. The number of carbonyl (C=O) groups excluding carboxylic acids is 1. The maximum absolute atomic E-state index is 11.4. The summed E-state index contributed by atoms with van der Waals surface area (Å²) in [5, 5.41) is 3.52. The van der Waals surface area contributed by atoms with Crippen LogP contribution in [0.3, 0.4) is 0 Å². The molecule has 1 atom stereocenters. The first-order valence-corrected chi connectivity index (χ1v) is 9.66. The van der Waals surface area contributed by atoms with Gasteiger partial charge in [0.1, 0.15) is 0 Å². The molecule has 2 aliphatic heterocycles. The summed E-state index contributed by atoms with van der Waals surface area (Å²) in [7, 11) is 1.86. The zero-order chi connectivity index (χ0) is 18.4. The molecule has 2 saturated heterocycles. The Morgan fingerprint density at radius 2 is 1.85 bits per heavy atom. The van der Waals surface area contributed by atoms with Gasteiger partial charge in [0.25, 0.3) is 0 Å². The molecule has 1 N–H and O–H groups in total. The van der Waals surface area contributed by atoms with Crippen molar-refractivity contribution in [2.24, 2.45) is 4.99 Å². The van der Waals surface area contributed by atoms with E-state index in [1.807, 2.05) is 11.9 Å². The van der Waals surface area contributed by atoms with Gasteiger partial charge in [-0.1, -0.05) is 30.3 Å². The summed E-state index contributed by atoms with van der Waals surface area (Å²) < 4.78 is 0. The second-order valence-corrected chi connectivity index (χ2v) is 7.16. The fourth-order valence-electron chi connectivity index (χ4n) is 3.89. The molecule has 142 valence electrons. The van der Waals surface area contributed by atoms with E-state index in [-0.39, 0.29) is 5.91 Å². The van der Waals surface area contributed by atoms with Crippen molar-refractivity contribution in [1.82, 2.24) is 20.0 Å². The van der Waals surface area contributed by atoms with Crippen LogP contribution in [0.2, 0.25) is 0 Å². The first-order chi connectivity index (χ1) is 12.7. The van der Waals surface area contributed by atoms with Crippen LogP contribution in [0.5, 0.6) is 0 Å². The summed E-state index contributed by atoms with van der Waals surface area (Å²) >= 11 is 0. The molecule has 6 heteroatoms. The maximum Gasteiger partial charge on any atom is 0.219 e. The number of hydrogen-bond donors (Lipinski definition) is 1. The molecule has 26 heavy (non-hydrogen) atoms. The molecule has 1 aromatic rings. The minimum absolute atomic E-state index is 0.185. The monoisotopic (exact) mass is 357 g/mol. The molecule has 0 aliphatic carbocycles. The summed E-state index contributed by atoms with van der Waals surface area (Å²) in [6.45, 7) is 9.21. The van der Waals surface area contributed by atoms with Gasteiger partial charge in [0.15, 0.2) is 5.96 Å². The molecule has 2 heterocycles. The van der Waals surface area contributed by atoms with Gasteiger partial charge in [0, 0.05) is 72.2 Å². The van der Waals surface area contributed by atoms with E-state index in [0.717, 1.165) is 58.3 Å². The van der Waals surface area contributed by atoms with Crippen LogP contribution in [0, 0.1) is 0 Å². The standard InChI is InChI=1S/C20H31N5O/c1-17(26)24-14-12-23(13-15-24)11-9-22-20(21-2)25-10-8-19(16-25)18-6-4-3-5-7-18/h3-7,19H,8-16H2,1-2H3,(H,21,22). The third-order valence-electron chi connectivity index (χ3n) is 5.50. The fraction of sp³-hybridized carbons (Fsp3) is 0.600. The summed E-state index contributed by atoms with van der Waals surface area (Å²) in [5.41, 5.74) is 1.42. The van der Waals surface area contributed by atoms with Gasteiger partial charge in [0.05, 0.1) is 0 Å². The van der Waals surface area contributed by atoms with Crippen LogP contribution in [0.1, 0.15) is 24.8 Å². The van der Waals surface area contributed by atoms with E-state index in [9.17, 15) is 4.79 Å². The molecule has 6 nitrogen and oxygen atoms in total. The molecule has 0 aromatic heterocycles. The van der Waals surface area contributed by atoms with Gasteiger partial charge in [-0.2, -0.15) is 0 Å². The molecule has 3 rings (SSSR count). The number of nitrogens with one attached hydrogen (secondary N) is 1. The molecule has 0 saturated carbocycles. The van der Waals surface area contributed by atoms with Gasteiger partial charge in [-0.05, 0) is 12.0 Å². The number of benzene rings is 1. The van der Waals surface area contributed by atoms with Crippen molar-refractivity contribution in [3.05, 3.63) is 35.9 Å². The molecule has 1 amide bonds. The molecule has 2 aliphatic rings. The number of piperazine rings is 1. The zero-order valence-corrected chi connectivity index (χ0v) is 16.0. The highest BCUT2D eigenvalue weighted by Gasteiger charge is 2.26. The largest absolute Gasteiger partial charge is 0.355 e. The minimum atomic E-state index is 0.185. The lowest BCUT2D eigenvalue weighted by molar-refractivity contribution is -0.130. The van der Waals surface area contributed by atoms with Crippen LogP contribution >= 0.6 is 0 Å². The van der Waals surface area contributed by atoms with Crippen molar-refractivity contribution < 1.29 is 4.79 Å². The minimum Gasteiger partial charge on any atom is -0.355 e. The van der Waals surface area contributed by atoms with Gasteiger partial charge in [0.2, 0.25) is 5.91 Å². The number of nitrogens with zero attached hydrogens (tertiary/aromatic N) is 4. The lowest BCUT2D eigenvalue weighted by atomic mass is 9.99. The Hall–Kier alpha value is -2.08. The van der Waals surface area contributed by atoms with Crippen LogP contribution in [-0.4, -0.2) is 86.0 Å². The van der Waals surface area contributed by atoms with Crippen molar-refractivity contribution in [3.63, 3.8) is 0 Å². The van der Waals surface area contributed by atoms with E-state index in [4.69, 9.17) is 0 Å². The predicted molar refractivity (Wildman–Crippen MR) is 105 cm³/mol. The van der Waals surface area contributed by atoms with Crippen LogP contribution in [0.15, 0.2) is 35.3 Å². The normalized spacial score (nSPS) is 21.9. The van der Waals surface area contributed by atoms with E-state index in [0.29, 0.717) is 5.92 Å². The fourth-order valence-corrected chi connectivity index (χ4v) is 3.89. The maximum atomic E-state index is 11.4. The number of carbonyl (C=O) groups is 1. The van der Waals surface area contributed by atoms with Gasteiger partial charge in [-0.25, -0.2) is 0 Å². The Bertz CT molecular complexity index is 610. The third-order valence-corrected chi connectivity index (χ3v) is 5.50. The second kappa shape index (κ2) is 9.03. The lowest BCUT2D eigenvalue weighted by Crippen LogP contribution is -2.50. The van der Waals surface area contributed by atoms with Gasteiger partial charge >= 0.3 is 0 Å².